The van der Waals surface area contributed by atoms with Gasteiger partial charge in [0.25, 0.3) is 0 Å². The van der Waals surface area contributed by atoms with Crippen LogP contribution in [0.4, 0.5) is 13.2 Å². The number of nitrogens with zero attached hydrogens (tertiary/aromatic N) is 6. The van der Waals surface area contributed by atoms with Gasteiger partial charge in [0.15, 0.2) is 17.2 Å². The topological polar surface area (TPSA) is 60.9 Å². The van der Waals surface area contributed by atoms with Gasteiger partial charge in [0, 0.05) is 29.5 Å². The van der Waals surface area contributed by atoms with Gasteiger partial charge in [0.1, 0.15) is 11.2 Å². The Hall–Kier alpha value is -2.49. The minimum Gasteiger partial charge on any atom is -0.268 e. The third-order valence-electron chi connectivity index (χ3n) is 6.32. The molecule has 1 atom stereocenters. The smallest absolute Gasteiger partial charge is 0.268 e. The Morgan fingerprint density at radius 3 is 2.81 bits per heavy atom. The molecule has 0 spiro atoms. The van der Waals surface area contributed by atoms with Crippen LogP contribution in [0.3, 0.4) is 0 Å². The Balaban J connectivity index is 1.32. The van der Waals surface area contributed by atoms with Crippen molar-refractivity contribution in [1.29, 1.82) is 0 Å². The van der Waals surface area contributed by atoms with Gasteiger partial charge in [0.05, 0.1) is 5.39 Å². The third-order valence-corrected chi connectivity index (χ3v) is 7.48. The summed E-state index contributed by atoms with van der Waals surface area (Å²) in [6.45, 7) is 2.61. The highest BCUT2D eigenvalue weighted by Crippen LogP contribution is 2.42. The van der Waals surface area contributed by atoms with Crippen LogP contribution in [0.5, 0.6) is 0 Å². The lowest BCUT2D eigenvalue weighted by atomic mass is 9.89. The predicted molar refractivity (Wildman–Crippen MR) is 110 cm³/mol. The lowest BCUT2D eigenvalue weighted by molar-refractivity contribution is -0.141. The summed E-state index contributed by atoms with van der Waals surface area (Å²) in [6, 6.07) is 1.20. The highest BCUT2D eigenvalue weighted by molar-refractivity contribution is 7.19. The highest BCUT2D eigenvalue weighted by Gasteiger charge is 2.37. The minimum atomic E-state index is -4.43. The monoisotopic (exact) mass is 446 g/mol. The molecular weight excluding hydrogens is 425 g/mol. The Labute approximate surface area is 180 Å². The van der Waals surface area contributed by atoms with Gasteiger partial charge in [-0.05, 0) is 49.7 Å². The number of aromatic nitrogens is 6. The molecule has 6 nitrogen and oxygen atoms in total. The molecule has 0 saturated heterocycles. The number of rotatable bonds is 4. The Morgan fingerprint density at radius 2 is 2.03 bits per heavy atom. The second kappa shape index (κ2) is 6.75. The van der Waals surface area contributed by atoms with Gasteiger partial charge < -0.3 is 0 Å². The Morgan fingerprint density at radius 1 is 1.19 bits per heavy atom. The van der Waals surface area contributed by atoms with E-state index in [9.17, 15) is 13.2 Å². The van der Waals surface area contributed by atoms with E-state index in [2.05, 4.69) is 22.1 Å². The molecule has 162 valence electrons. The summed E-state index contributed by atoms with van der Waals surface area (Å²) in [5.74, 6) is 1.46. The molecule has 4 heterocycles. The molecule has 0 radical (unpaired) electrons. The average Bonchev–Trinajstić information content (AvgIpc) is 3.17. The normalized spacial score (nSPS) is 19.4. The van der Waals surface area contributed by atoms with Gasteiger partial charge >= 0.3 is 6.18 Å². The Kier molecular flexibility index (Phi) is 4.19. The van der Waals surface area contributed by atoms with Crippen LogP contribution in [0, 0.1) is 5.92 Å². The number of fused-ring (bicyclic) bond motifs is 5. The molecule has 1 fully saturated rings. The largest absolute Gasteiger partial charge is 0.435 e. The van der Waals surface area contributed by atoms with Gasteiger partial charge in [-0.3, -0.25) is 4.68 Å². The molecule has 4 aromatic heterocycles. The standard InChI is InChI=1S/C21H21F3N6S/c1-11-2-5-13-15(8-11)31-20-18(13)19-26-17(28-30(19)10-25-20)6-7-29-14(12-3-4-12)9-16(27-29)21(22,23)24/h9-12H,2-8H2,1H3/t11-/m1/s1. The van der Waals surface area contributed by atoms with E-state index in [1.807, 2.05) is 0 Å². The van der Waals surface area contributed by atoms with E-state index >= 15 is 0 Å². The van der Waals surface area contributed by atoms with E-state index in [4.69, 9.17) is 4.98 Å². The van der Waals surface area contributed by atoms with Gasteiger partial charge in [-0.15, -0.1) is 16.4 Å². The number of hydrogen-bond acceptors (Lipinski definition) is 5. The molecule has 6 rings (SSSR count). The first kappa shape index (κ1) is 19.2. The zero-order valence-electron chi connectivity index (χ0n) is 17.0. The van der Waals surface area contributed by atoms with Crippen LogP contribution in [-0.4, -0.2) is 29.4 Å². The summed E-state index contributed by atoms with van der Waals surface area (Å²) in [4.78, 5) is 11.7. The van der Waals surface area contributed by atoms with Crippen molar-refractivity contribution in [2.45, 2.75) is 64.1 Å². The number of aryl methyl sites for hydroxylation is 3. The molecule has 2 aliphatic carbocycles. The molecule has 0 unspecified atom stereocenters. The summed E-state index contributed by atoms with van der Waals surface area (Å²) in [6.07, 6.45) is 2.78. The van der Waals surface area contributed by atoms with E-state index in [0.29, 0.717) is 30.4 Å². The van der Waals surface area contributed by atoms with Gasteiger partial charge in [0.2, 0.25) is 0 Å². The first-order chi connectivity index (χ1) is 14.9. The molecular formula is C21H21F3N6S. The average molecular weight is 447 g/mol. The predicted octanol–water partition coefficient (Wildman–Crippen LogP) is 4.80. The minimum absolute atomic E-state index is 0.182. The maximum Gasteiger partial charge on any atom is 0.435 e. The molecule has 1 saturated carbocycles. The first-order valence-electron chi connectivity index (χ1n) is 10.7. The molecule has 2 aliphatic rings. The first-order valence-corrected chi connectivity index (χ1v) is 11.5. The van der Waals surface area contributed by atoms with E-state index in [-0.39, 0.29) is 5.92 Å². The maximum atomic E-state index is 13.1. The van der Waals surface area contributed by atoms with Crippen LogP contribution in [0.15, 0.2) is 12.4 Å². The Bertz CT molecular complexity index is 1300. The zero-order chi connectivity index (χ0) is 21.3. The number of hydrogen-bond donors (Lipinski definition) is 0. The van der Waals surface area contributed by atoms with Crippen LogP contribution >= 0.6 is 11.3 Å². The number of halogens is 3. The molecule has 0 N–H and O–H groups in total. The molecule has 0 aromatic carbocycles. The van der Waals surface area contributed by atoms with Crippen LogP contribution in [0.25, 0.3) is 15.9 Å². The third kappa shape index (κ3) is 3.31. The van der Waals surface area contributed by atoms with Gasteiger partial charge in [-0.2, -0.15) is 18.3 Å². The van der Waals surface area contributed by atoms with Crippen molar-refractivity contribution in [1.82, 2.24) is 29.4 Å². The fourth-order valence-electron chi connectivity index (χ4n) is 4.55. The summed E-state index contributed by atoms with van der Waals surface area (Å²) >= 11 is 1.74. The lowest BCUT2D eigenvalue weighted by Crippen LogP contribution is -2.10. The van der Waals surface area contributed by atoms with Crippen LogP contribution < -0.4 is 0 Å². The summed E-state index contributed by atoms with van der Waals surface area (Å²) < 4.78 is 42.6. The van der Waals surface area contributed by atoms with Crippen LogP contribution in [-0.2, 0) is 32.0 Å². The number of thiophene rings is 1. The van der Waals surface area contributed by atoms with Crippen molar-refractivity contribution in [3.05, 3.63) is 40.0 Å². The van der Waals surface area contributed by atoms with Crippen molar-refractivity contribution >= 4 is 27.2 Å². The van der Waals surface area contributed by atoms with E-state index in [1.54, 1.807) is 22.2 Å². The zero-order valence-corrected chi connectivity index (χ0v) is 17.8. The lowest BCUT2D eigenvalue weighted by Gasteiger charge is -2.17. The van der Waals surface area contributed by atoms with Gasteiger partial charge in [-0.1, -0.05) is 6.92 Å². The van der Waals surface area contributed by atoms with Crippen molar-refractivity contribution in [2.75, 3.05) is 0 Å². The second-order valence-corrected chi connectivity index (χ2v) is 9.86. The summed E-state index contributed by atoms with van der Waals surface area (Å²) in [5, 5.41) is 9.48. The molecule has 0 aliphatic heterocycles. The van der Waals surface area contributed by atoms with E-state index in [0.717, 1.165) is 48.0 Å². The maximum absolute atomic E-state index is 13.1. The second-order valence-electron chi connectivity index (χ2n) is 8.77. The molecule has 0 bridgehead atoms. The van der Waals surface area contributed by atoms with E-state index in [1.165, 1.54) is 21.2 Å². The molecule has 10 heteroatoms. The summed E-state index contributed by atoms with van der Waals surface area (Å²) in [5.41, 5.74) is 1.99. The van der Waals surface area contributed by atoms with Crippen molar-refractivity contribution in [3.63, 3.8) is 0 Å². The molecule has 31 heavy (non-hydrogen) atoms. The molecule has 4 aromatic rings. The fraction of sp³-hybridized carbons (Fsp3) is 0.524. The quantitative estimate of drug-likeness (QED) is 0.452. The van der Waals surface area contributed by atoms with E-state index < -0.39 is 11.9 Å². The highest BCUT2D eigenvalue weighted by atomic mass is 32.1. The van der Waals surface area contributed by atoms with Crippen LogP contribution in [0.1, 0.15) is 59.8 Å². The van der Waals surface area contributed by atoms with Crippen molar-refractivity contribution < 1.29 is 13.2 Å². The van der Waals surface area contributed by atoms with Crippen LogP contribution in [0.2, 0.25) is 0 Å². The fourth-order valence-corrected chi connectivity index (χ4v) is 5.90. The van der Waals surface area contributed by atoms with Gasteiger partial charge in [-0.25, -0.2) is 14.5 Å². The van der Waals surface area contributed by atoms with Crippen molar-refractivity contribution in [2.24, 2.45) is 5.92 Å². The molecule has 0 amide bonds. The SMILES string of the molecule is C[C@@H]1CCc2c(sc3ncn4nc(CCn5nc(C(F)(F)F)cc5C5CC5)nc4c23)C1. The number of alkyl halides is 3. The summed E-state index contributed by atoms with van der Waals surface area (Å²) in [7, 11) is 0. The van der Waals surface area contributed by atoms with Crippen molar-refractivity contribution in [3.8, 4) is 0 Å².